The minimum Gasteiger partial charge on any atom is -0.357 e. The number of fused-ring (bicyclic) bond motifs is 3. The number of hydrogen-bond donors (Lipinski definition) is 2. The molecule has 1 aromatic heterocycles. The Hall–Kier alpha value is -1.18. The lowest BCUT2D eigenvalue weighted by Crippen LogP contribution is -2.45. The number of alkyl halides is 1. The Morgan fingerprint density at radius 3 is 2.90 bits per heavy atom. The van der Waals surface area contributed by atoms with Crippen molar-refractivity contribution in [3.63, 3.8) is 0 Å². The molecule has 2 N–H and O–H groups in total. The molecule has 3 atom stereocenters. The molecule has 3 heterocycles. The van der Waals surface area contributed by atoms with Crippen LogP contribution in [-0.2, 0) is 11.2 Å². The number of halogens is 2. The van der Waals surface area contributed by atoms with Gasteiger partial charge in [0.2, 0.25) is 6.41 Å². The van der Waals surface area contributed by atoms with Crippen molar-refractivity contribution < 1.29 is 14.2 Å². The fourth-order valence-electron chi connectivity index (χ4n) is 4.69. The van der Waals surface area contributed by atoms with Crippen LogP contribution in [0.15, 0.2) is 18.2 Å². The molecule has 7 heteroatoms. The number of hydrogen-bond acceptors (Lipinski definition) is 4. The Bertz CT molecular complexity index is 843. The monoisotopic (exact) mass is 423 g/mol. The van der Waals surface area contributed by atoms with Gasteiger partial charge in [0.05, 0.1) is 12.6 Å². The average molecular weight is 424 g/mol. The Morgan fingerprint density at radius 1 is 1.34 bits per heavy atom. The number of ether oxygens (including phenoxy) is 1. The van der Waals surface area contributed by atoms with Gasteiger partial charge in [0.1, 0.15) is 6.17 Å². The summed E-state index contributed by atoms with van der Waals surface area (Å²) in [7, 11) is 0. The van der Waals surface area contributed by atoms with Crippen molar-refractivity contribution in [2.45, 2.75) is 51.7 Å². The number of aliphatic hydroxyl groups is 1. The predicted molar refractivity (Wildman–Crippen MR) is 114 cm³/mol. The van der Waals surface area contributed by atoms with Gasteiger partial charge in [0.25, 0.3) is 0 Å². The fourth-order valence-corrected chi connectivity index (χ4v) is 4.86. The number of aliphatic hydroxyl groups excluding tert-OH is 1. The first kappa shape index (κ1) is 21.1. The summed E-state index contributed by atoms with van der Waals surface area (Å²) in [5, 5.41) is 12.7. The minimum absolute atomic E-state index is 0.0573. The molecule has 0 saturated carbocycles. The molecule has 0 amide bonds. The maximum Gasteiger partial charge on any atom is 0.216 e. The summed E-state index contributed by atoms with van der Waals surface area (Å²) < 4.78 is 19.1. The van der Waals surface area contributed by atoms with Gasteiger partial charge in [0, 0.05) is 47.8 Å². The maximum atomic E-state index is 13.3. The molecule has 4 rings (SSSR count). The van der Waals surface area contributed by atoms with Gasteiger partial charge in [0.15, 0.2) is 0 Å². The Kier molecular flexibility index (Phi) is 6.47. The molecule has 2 aromatic rings. The van der Waals surface area contributed by atoms with E-state index < -0.39 is 12.6 Å². The highest BCUT2D eigenvalue weighted by Crippen LogP contribution is 2.39. The maximum absolute atomic E-state index is 13.3. The van der Waals surface area contributed by atoms with Crippen LogP contribution in [0.4, 0.5) is 4.39 Å². The Balaban J connectivity index is 1.48. The van der Waals surface area contributed by atoms with E-state index in [2.05, 4.69) is 23.7 Å². The first-order chi connectivity index (χ1) is 13.9. The van der Waals surface area contributed by atoms with Crippen LogP contribution in [0.2, 0.25) is 5.02 Å². The van der Waals surface area contributed by atoms with Crippen LogP contribution in [0.5, 0.6) is 0 Å². The number of likely N-dealkylation sites (tertiary alicyclic amines) is 1. The molecule has 0 aliphatic carbocycles. The van der Waals surface area contributed by atoms with E-state index in [0.29, 0.717) is 32.0 Å². The van der Waals surface area contributed by atoms with E-state index in [4.69, 9.17) is 16.3 Å². The zero-order valence-electron chi connectivity index (χ0n) is 17.2. The lowest BCUT2D eigenvalue weighted by molar-refractivity contribution is -0.211. The van der Waals surface area contributed by atoms with Crippen LogP contribution in [0.1, 0.15) is 44.0 Å². The van der Waals surface area contributed by atoms with Gasteiger partial charge in [-0.15, -0.1) is 0 Å². The van der Waals surface area contributed by atoms with E-state index in [1.54, 1.807) is 0 Å². The molecule has 1 saturated heterocycles. The fraction of sp³-hybridized carbons (Fsp3) is 0.636. The SMILES string of the molecule is CC(C)CC1c2[nH]c3ccc(Cl)cc3c2CCN1C(O)OCCN1CCC(F)C1. The summed E-state index contributed by atoms with van der Waals surface area (Å²) in [6.45, 7) is 7.40. The molecule has 0 radical (unpaired) electrons. The smallest absolute Gasteiger partial charge is 0.216 e. The van der Waals surface area contributed by atoms with Gasteiger partial charge >= 0.3 is 0 Å². The average Bonchev–Trinajstić information content (AvgIpc) is 3.25. The largest absolute Gasteiger partial charge is 0.357 e. The number of aromatic nitrogens is 1. The summed E-state index contributed by atoms with van der Waals surface area (Å²) in [5.74, 6) is 0.474. The Labute approximate surface area is 176 Å². The van der Waals surface area contributed by atoms with Crippen LogP contribution >= 0.6 is 11.6 Å². The van der Waals surface area contributed by atoms with E-state index in [-0.39, 0.29) is 6.04 Å². The number of benzene rings is 1. The highest BCUT2D eigenvalue weighted by atomic mass is 35.5. The van der Waals surface area contributed by atoms with Gasteiger partial charge in [-0.1, -0.05) is 25.4 Å². The third-order valence-corrected chi connectivity index (χ3v) is 6.36. The molecule has 0 spiro atoms. The summed E-state index contributed by atoms with van der Waals surface area (Å²) in [5.41, 5.74) is 3.53. The summed E-state index contributed by atoms with van der Waals surface area (Å²) in [6, 6.07) is 6.00. The van der Waals surface area contributed by atoms with Crippen LogP contribution in [0.3, 0.4) is 0 Å². The van der Waals surface area contributed by atoms with Crippen molar-refractivity contribution in [1.29, 1.82) is 0 Å². The van der Waals surface area contributed by atoms with E-state index in [1.165, 1.54) is 10.9 Å². The summed E-state index contributed by atoms with van der Waals surface area (Å²) in [4.78, 5) is 7.67. The molecule has 2 aliphatic heterocycles. The van der Waals surface area contributed by atoms with E-state index in [0.717, 1.165) is 42.2 Å². The van der Waals surface area contributed by atoms with Crippen molar-refractivity contribution in [2.75, 3.05) is 32.8 Å². The standard InChI is InChI=1S/C22H31ClFN3O2/c1-14(2)11-20-21-17(18-12-15(23)3-4-19(18)25-21)6-8-27(20)22(28)29-10-9-26-7-5-16(24)13-26/h3-4,12,14,16,20,22,25,28H,5-11,13H2,1-2H3. The second-order valence-electron chi connectivity index (χ2n) is 8.72. The zero-order valence-corrected chi connectivity index (χ0v) is 18.0. The Morgan fingerprint density at radius 2 is 2.17 bits per heavy atom. The van der Waals surface area contributed by atoms with Crippen LogP contribution in [-0.4, -0.2) is 65.3 Å². The summed E-state index contributed by atoms with van der Waals surface area (Å²) >= 11 is 6.23. The number of aromatic amines is 1. The zero-order chi connectivity index (χ0) is 20.5. The second kappa shape index (κ2) is 8.90. The van der Waals surface area contributed by atoms with E-state index in [1.807, 2.05) is 23.1 Å². The molecule has 29 heavy (non-hydrogen) atoms. The van der Waals surface area contributed by atoms with Gasteiger partial charge < -0.3 is 14.8 Å². The van der Waals surface area contributed by atoms with Crippen LogP contribution in [0, 0.1) is 5.92 Å². The minimum atomic E-state index is -0.967. The number of H-pyrrole nitrogens is 1. The molecule has 3 unspecified atom stereocenters. The first-order valence-corrected chi connectivity index (χ1v) is 11.0. The van der Waals surface area contributed by atoms with Crippen LogP contribution in [0.25, 0.3) is 10.9 Å². The van der Waals surface area contributed by atoms with Gasteiger partial charge in [-0.2, -0.15) is 0 Å². The second-order valence-corrected chi connectivity index (χ2v) is 9.16. The topological polar surface area (TPSA) is 51.7 Å². The number of nitrogens with one attached hydrogen (secondary N) is 1. The van der Waals surface area contributed by atoms with E-state index >= 15 is 0 Å². The number of rotatable bonds is 7. The summed E-state index contributed by atoms with van der Waals surface area (Å²) in [6.07, 6.45) is 0.652. The van der Waals surface area contributed by atoms with Gasteiger partial charge in [-0.05, 0) is 48.9 Å². The molecule has 1 aromatic carbocycles. The molecule has 0 bridgehead atoms. The highest BCUT2D eigenvalue weighted by Gasteiger charge is 2.35. The lowest BCUT2D eigenvalue weighted by atomic mass is 9.92. The van der Waals surface area contributed by atoms with Crippen molar-refractivity contribution >= 4 is 22.5 Å². The van der Waals surface area contributed by atoms with Gasteiger partial charge in [-0.3, -0.25) is 4.90 Å². The normalized spacial score (nSPS) is 24.5. The predicted octanol–water partition coefficient (Wildman–Crippen LogP) is 4.10. The molecule has 1 fully saturated rings. The number of nitrogens with zero attached hydrogens (tertiary/aromatic N) is 2. The third-order valence-electron chi connectivity index (χ3n) is 6.12. The molecular formula is C22H31ClFN3O2. The van der Waals surface area contributed by atoms with Gasteiger partial charge in [-0.25, -0.2) is 9.29 Å². The van der Waals surface area contributed by atoms with Crippen molar-refractivity contribution in [1.82, 2.24) is 14.8 Å². The van der Waals surface area contributed by atoms with Crippen LogP contribution < -0.4 is 0 Å². The molecular weight excluding hydrogens is 393 g/mol. The van der Waals surface area contributed by atoms with Crippen molar-refractivity contribution in [3.8, 4) is 0 Å². The molecule has 2 aliphatic rings. The molecule has 160 valence electrons. The first-order valence-electron chi connectivity index (χ1n) is 10.6. The van der Waals surface area contributed by atoms with Crippen molar-refractivity contribution in [3.05, 3.63) is 34.5 Å². The highest BCUT2D eigenvalue weighted by molar-refractivity contribution is 6.31. The lowest BCUT2D eigenvalue weighted by Gasteiger charge is -2.39. The quantitative estimate of drug-likeness (QED) is 0.658. The molecule has 5 nitrogen and oxygen atoms in total. The third kappa shape index (κ3) is 4.62. The van der Waals surface area contributed by atoms with Crippen molar-refractivity contribution in [2.24, 2.45) is 5.92 Å². The van der Waals surface area contributed by atoms with E-state index in [9.17, 15) is 9.50 Å².